The van der Waals surface area contributed by atoms with Crippen molar-refractivity contribution in [3.05, 3.63) is 0 Å². The number of hydrogen-bond acceptors (Lipinski definition) is 3. The van der Waals surface area contributed by atoms with Crippen molar-refractivity contribution in [1.82, 2.24) is 0 Å². The molecule has 0 aliphatic carbocycles. The van der Waals surface area contributed by atoms with Crippen LogP contribution >= 0.6 is 0 Å². The number of rotatable bonds is 3. The zero-order chi connectivity index (χ0) is 10.8. The molecular weight excluding hydrogens is 211 g/mol. The first-order valence-corrected chi connectivity index (χ1v) is 6.29. The minimum atomic E-state index is -2.99. The van der Waals surface area contributed by atoms with Gasteiger partial charge in [-0.05, 0) is 18.8 Å². The van der Waals surface area contributed by atoms with Crippen LogP contribution in [-0.4, -0.2) is 37.2 Å². The van der Waals surface area contributed by atoms with Crippen molar-refractivity contribution in [1.29, 1.82) is 0 Å². The van der Waals surface area contributed by atoms with Crippen molar-refractivity contribution in [2.75, 3.05) is 11.5 Å². The fourth-order valence-corrected chi connectivity index (χ4v) is 3.13. The topological polar surface area (TPSA) is 71.4 Å². The van der Waals surface area contributed by atoms with Gasteiger partial charge in [0.1, 0.15) is 16.0 Å². The van der Waals surface area contributed by atoms with E-state index in [4.69, 9.17) is 5.11 Å². The van der Waals surface area contributed by atoms with Crippen LogP contribution < -0.4 is 0 Å². The summed E-state index contributed by atoms with van der Waals surface area (Å²) < 4.78 is 35.2. The maximum Gasteiger partial charge on any atom is 0.306 e. The second-order valence-corrected chi connectivity index (χ2v) is 5.91. The predicted molar refractivity (Wildman–Crippen MR) is 48.5 cm³/mol. The van der Waals surface area contributed by atoms with Crippen molar-refractivity contribution in [3.8, 4) is 0 Å². The lowest BCUT2D eigenvalue weighted by atomic mass is 9.95. The molecule has 14 heavy (non-hydrogen) atoms. The SMILES string of the molecule is O=C(O)CC(F)C1CCS(=O)(=O)CC1. The number of carbonyl (C=O) groups is 1. The van der Waals surface area contributed by atoms with Crippen LogP contribution in [-0.2, 0) is 14.6 Å². The van der Waals surface area contributed by atoms with Crippen LogP contribution in [0.25, 0.3) is 0 Å². The summed E-state index contributed by atoms with van der Waals surface area (Å²) in [5.74, 6) is -1.62. The lowest BCUT2D eigenvalue weighted by Crippen LogP contribution is -2.30. The lowest BCUT2D eigenvalue weighted by molar-refractivity contribution is -0.138. The molecule has 1 heterocycles. The minimum absolute atomic E-state index is 0.0162. The number of aliphatic carboxylic acids is 1. The zero-order valence-corrected chi connectivity index (χ0v) is 8.46. The molecule has 1 aliphatic rings. The van der Waals surface area contributed by atoms with E-state index in [1.54, 1.807) is 0 Å². The first-order chi connectivity index (χ1) is 6.41. The van der Waals surface area contributed by atoms with Gasteiger partial charge in [0.05, 0.1) is 17.9 Å². The van der Waals surface area contributed by atoms with E-state index in [1.165, 1.54) is 0 Å². The molecule has 82 valence electrons. The third-order valence-electron chi connectivity index (χ3n) is 2.48. The van der Waals surface area contributed by atoms with Crippen molar-refractivity contribution >= 4 is 15.8 Å². The Hall–Kier alpha value is -0.650. The Morgan fingerprint density at radius 1 is 1.43 bits per heavy atom. The second-order valence-electron chi connectivity index (χ2n) is 3.60. The van der Waals surface area contributed by atoms with E-state index in [2.05, 4.69) is 0 Å². The molecule has 1 aliphatic heterocycles. The number of carboxylic acids is 1. The number of hydrogen-bond donors (Lipinski definition) is 1. The highest BCUT2D eigenvalue weighted by Gasteiger charge is 2.30. The van der Waals surface area contributed by atoms with Crippen molar-refractivity contribution in [2.24, 2.45) is 5.92 Å². The summed E-state index contributed by atoms with van der Waals surface area (Å²) in [6.07, 6.45) is -1.44. The second kappa shape index (κ2) is 4.25. The molecule has 4 nitrogen and oxygen atoms in total. The zero-order valence-electron chi connectivity index (χ0n) is 7.65. The summed E-state index contributed by atoms with van der Waals surface area (Å²) in [6.45, 7) is 0. The molecule has 0 bridgehead atoms. The van der Waals surface area contributed by atoms with Crippen LogP contribution in [0.4, 0.5) is 4.39 Å². The molecule has 6 heteroatoms. The maximum absolute atomic E-state index is 13.2. The molecule has 1 saturated heterocycles. The van der Waals surface area contributed by atoms with Gasteiger partial charge in [-0.3, -0.25) is 4.79 Å². The molecule has 0 aromatic rings. The van der Waals surface area contributed by atoms with Crippen molar-refractivity contribution < 1.29 is 22.7 Å². The van der Waals surface area contributed by atoms with Gasteiger partial charge in [0.2, 0.25) is 0 Å². The highest BCUT2D eigenvalue weighted by atomic mass is 32.2. The molecular formula is C8H13FO4S. The number of halogens is 1. The monoisotopic (exact) mass is 224 g/mol. The molecule has 0 saturated carbocycles. The first-order valence-electron chi connectivity index (χ1n) is 4.47. The molecule has 1 rings (SSSR count). The van der Waals surface area contributed by atoms with Gasteiger partial charge < -0.3 is 5.11 Å². The van der Waals surface area contributed by atoms with Gasteiger partial charge in [0.25, 0.3) is 0 Å². The predicted octanol–water partition coefficient (Wildman–Crippen LogP) is 0.624. The van der Waals surface area contributed by atoms with E-state index in [0.717, 1.165) is 0 Å². The summed E-state index contributed by atoms with van der Waals surface area (Å²) in [6, 6.07) is 0. The summed E-state index contributed by atoms with van der Waals surface area (Å²) in [5.41, 5.74) is 0. The van der Waals surface area contributed by atoms with Gasteiger partial charge in [0.15, 0.2) is 0 Å². The van der Waals surface area contributed by atoms with E-state index < -0.39 is 34.3 Å². The molecule has 0 radical (unpaired) electrons. The van der Waals surface area contributed by atoms with Gasteiger partial charge in [-0.15, -0.1) is 0 Å². The Balaban J connectivity index is 2.45. The van der Waals surface area contributed by atoms with Crippen molar-refractivity contribution in [2.45, 2.75) is 25.4 Å². The van der Waals surface area contributed by atoms with Gasteiger partial charge >= 0.3 is 5.97 Å². The average Bonchev–Trinajstić information content (AvgIpc) is 2.02. The van der Waals surface area contributed by atoms with Crippen LogP contribution in [0.3, 0.4) is 0 Å². The molecule has 1 atom stereocenters. The Bertz CT molecular complexity index is 297. The number of sulfone groups is 1. The molecule has 1 fully saturated rings. The lowest BCUT2D eigenvalue weighted by Gasteiger charge is -2.23. The Labute approximate surface area is 82.0 Å². The molecule has 0 aromatic carbocycles. The first kappa shape index (κ1) is 11.4. The van der Waals surface area contributed by atoms with Gasteiger partial charge in [0, 0.05) is 0 Å². The van der Waals surface area contributed by atoms with E-state index >= 15 is 0 Å². The smallest absolute Gasteiger partial charge is 0.306 e. The Morgan fingerprint density at radius 2 is 1.93 bits per heavy atom. The standard InChI is InChI=1S/C8H13FO4S/c9-7(5-8(10)11)6-1-3-14(12,13)4-2-6/h6-7H,1-5H2,(H,10,11). The highest BCUT2D eigenvalue weighted by Crippen LogP contribution is 2.25. The molecule has 1 unspecified atom stereocenters. The Kier molecular flexibility index (Phi) is 3.47. The summed E-state index contributed by atoms with van der Waals surface area (Å²) in [7, 11) is -2.99. The van der Waals surface area contributed by atoms with E-state index in [1.807, 2.05) is 0 Å². The van der Waals surface area contributed by atoms with Crippen molar-refractivity contribution in [3.63, 3.8) is 0 Å². The minimum Gasteiger partial charge on any atom is -0.481 e. The van der Waals surface area contributed by atoms with E-state index in [9.17, 15) is 17.6 Å². The largest absolute Gasteiger partial charge is 0.481 e. The van der Waals surface area contributed by atoms with Crippen LogP contribution in [0.5, 0.6) is 0 Å². The molecule has 0 spiro atoms. The Morgan fingerprint density at radius 3 is 2.36 bits per heavy atom. The fourth-order valence-electron chi connectivity index (χ4n) is 1.60. The molecule has 0 aromatic heterocycles. The van der Waals surface area contributed by atoms with Gasteiger partial charge in [-0.25, -0.2) is 12.8 Å². The summed E-state index contributed by atoms with van der Waals surface area (Å²) in [5, 5.41) is 8.36. The summed E-state index contributed by atoms with van der Waals surface area (Å²) >= 11 is 0. The third-order valence-corrected chi connectivity index (χ3v) is 4.20. The summed E-state index contributed by atoms with van der Waals surface area (Å²) in [4.78, 5) is 10.2. The normalized spacial score (nSPS) is 24.4. The van der Waals surface area contributed by atoms with Gasteiger partial charge in [-0.1, -0.05) is 0 Å². The van der Waals surface area contributed by atoms with E-state index in [-0.39, 0.29) is 24.3 Å². The fraction of sp³-hybridized carbons (Fsp3) is 0.875. The maximum atomic E-state index is 13.2. The van der Waals surface area contributed by atoms with Crippen LogP contribution in [0.1, 0.15) is 19.3 Å². The van der Waals surface area contributed by atoms with Gasteiger partial charge in [-0.2, -0.15) is 0 Å². The number of carboxylic acid groups (broad SMARTS) is 1. The quantitative estimate of drug-likeness (QED) is 0.763. The number of alkyl halides is 1. The van der Waals surface area contributed by atoms with Crippen LogP contribution in [0.15, 0.2) is 0 Å². The molecule has 0 amide bonds. The van der Waals surface area contributed by atoms with Crippen LogP contribution in [0, 0.1) is 5.92 Å². The van der Waals surface area contributed by atoms with Crippen LogP contribution in [0.2, 0.25) is 0 Å². The average molecular weight is 224 g/mol. The highest BCUT2D eigenvalue weighted by molar-refractivity contribution is 7.91. The molecule has 1 N–H and O–H groups in total. The van der Waals surface area contributed by atoms with E-state index in [0.29, 0.717) is 0 Å². The third kappa shape index (κ3) is 3.25.